The summed E-state index contributed by atoms with van der Waals surface area (Å²) < 4.78 is 10.9. The van der Waals surface area contributed by atoms with Crippen molar-refractivity contribution in [2.24, 2.45) is 0 Å². The number of hydrogen-bond donors (Lipinski definition) is 0. The molecule has 0 atom stereocenters. The van der Waals surface area contributed by atoms with Gasteiger partial charge in [-0.3, -0.25) is 9.59 Å². The molecule has 0 N–H and O–H groups in total. The highest BCUT2D eigenvalue weighted by molar-refractivity contribution is 5.72. The molecule has 0 aliphatic rings. The zero-order valence-corrected chi connectivity index (χ0v) is 22.8. The van der Waals surface area contributed by atoms with Crippen molar-refractivity contribution in [1.82, 2.24) is 0 Å². The molecule has 0 heterocycles. The first-order valence-corrected chi connectivity index (χ1v) is 14.6. The first kappa shape index (κ1) is 31.2. The molecule has 0 radical (unpaired) electrons. The van der Waals surface area contributed by atoms with Crippen LogP contribution in [0.25, 0.3) is 0 Å². The number of para-hydroxylation sites is 1. The Morgan fingerprint density at radius 1 is 0.600 bits per heavy atom. The van der Waals surface area contributed by atoms with E-state index in [2.05, 4.69) is 13.8 Å². The lowest BCUT2D eigenvalue weighted by atomic mass is 10.1. The van der Waals surface area contributed by atoms with Crippen molar-refractivity contribution in [3.63, 3.8) is 0 Å². The Balaban J connectivity index is 1.88. The zero-order chi connectivity index (χ0) is 25.4. The minimum absolute atomic E-state index is 0.0491. The van der Waals surface area contributed by atoms with Crippen LogP contribution in [0.5, 0.6) is 5.75 Å². The van der Waals surface area contributed by atoms with Gasteiger partial charge in [0.05, 0.1) is 6.61 Å². The maximum atomic E-state index is 12.1. The van der Waals surface area contributed by atoms with Gasteiger partial charge in [-0.1, -0.05) is 122 Å². The molecule has 0 bridgehead atoms. The Labute approximate surface area is 215 Å². The Morgan fingerprint density at radius 2 is 1.11 bits per heavy atom. The summed E-state index contributed by atoms with van der Waals surface area (Å²) in [6, 6.07) is 7.81. The molecular weight excluding hydrogens is 436 g/mol. The molecule has 1 aromatic rings. The molecule has 4 heteroatoms. The average molecular weight is 489 g/mol. The summed E-state index contributed by atoms with van der Waals surface area (Å²) in [6.45, 7) is 4.96. The second kappa shape index (κ2) is 22.6. The average Bonchev–Trinajstić information content (AvgIpc) is 2.85. The van der Waals surface area contributed by atoms with Crippen LogP contribution in [0.2, 0.25) is 0 Å². The summed E-state index contributed by atoms with van der Waals surface area (Å²) in [5.74, 6) is 0.519. The van der Waals surface area contributed by atoms with Crippen LogP contribution in [-0.4, -0.2) is 18.5 Å². The number of hydrogen-bond acceptors (Lipinski definition) is 4. The van der Waals surface area contributed by atoms with Gasteiger partial charge < -0.3 is 9.47 Å². The molecular formula is C31H52O4. The molecule has 0 aliphatic heterocycles. The highest BCUT2D eigenvalue weighted by atomic mass is 16.5. The van der Waals surface area contributed by atoms with Crippen LogP contribution >= 0.6 is 0 Å². The van der Waals surface area contributed by atoms with E-state index in [1.807, 2.05) is 24.3 Å². The van der Waals surface area contributed by atoms with Crippen molar-refractivity contribution in [3.05, 3.63) is 29.8 Å². The molecule has 0 amide bonds. The van der Waals surface area contributed by atoms with Crippen molar-refractivity contribution >= 4 is 11.9 Å². The van der Waals surface area contributed by atoms with E-state index in [1.165, 1.54) is 57.8 Å². The molecule has 1 rings (SSSR count). The van der Waals surface area contributed by atoms with Crippen LogP contribution in [0, 0.1) is 0 Å². The van der Waals surface area contributed by atoms with Gasteiger partial charge in [-0.25, -0.2) is 0 Å². The number of benzene rings is 1. The SMILES string of the molecule is CCCCCCCCCCCCOC(=O)CCCCCCCCC(=O)Oc1ccccc1CCC. The van der Waals surface area contributed by atoms with Gasteiger partial charge in [0.1, 0.15) is 5.75 Å². The van der Waals surface area contributed by atoms with E-state index < -0.39 is 0 Å². The topological polar surface area (TPSA) is 52.6 Å². The minimum atomic E-state index is -0.140. The number of carbonyl (C=O) groups is 2. The molecule has 0 spiro atoms. The van der Waals surface area contributed by atoms with Gasteiger partial charge in [-0.15, -0.1) is 0 Å². The van der Waals surface area contributed by atoms with Crippen LogP contribution in [-0.2, 0) is 20.7 Å². The molecule has 1 aromatic carbocycles. The fraction of sp³-hybridized carbons (Fsp3) is 0.742. The number of carbonyl (C=O) groups excluding carboxylic acids is 2. The molecule has 0 aliphatic carbocycles. The summed E-state index contributed by atoms with van der Waals surface area (Å²) in [5.41, 5.74) is 1.10. The highest BCUT2D eigenvalue weighted by Crippen LogP contribution is 2.20. The second-order valence-electron chi connectivity index (χ2n) is 9.86. The van der Waals surface area contributed by atoms with E-state index in [-0.39, 0.29) is 11.9 Å². The van der Waals surface area contributed by atoms with Crippen molar-refractivity contribution in [2.45, 2.75) is 142 Å². The van der Waals surface area contributed by atoms with Crippen molar-refractivity contribution in [2.75, 3.05) is 6.61 Å². The van der Waals surface area contributed by atoms with Crippen molar-refractivity contribution in [1.29, 1.82) is 0 Å². The minimum Gasteiger partial charge on any atom is -0.466 e. The largest absolute Gasteiger partial charge is 0.466 e. The number of rotatable bonds is 23. The fourth-order valence-electron chi connectivity index (χ4n) is 4.35. The monoisotopic (exact) mass is 488 g/mol. The van der Waals surface area contributed by atoms with Gasteiger partial charge in [-0.05, 0) is 37.3 Å². The highest BCUT2D eigenvalue weighted by Gasteiger charge is 2.08. The van der Waals surface area contributed by atoms with Crippen LogP contribution in [0.1, 0.15) is 141 Å². The Kier molecular flexibility index (Phi) is 20.2. The standard InChI is InChI=1S/C31H52O4/c1-3-5-6-7-8-9-10-13-16-21-27-34-30(32)25-17-14-11-12-15-18-26-31(33)35-29-24-20-19-23-28(29)22-4-2/h19-20,23-24H,3-18,21-22,25-27H2,1-2H3. The summed E-state index contributed by atoms with van der Waals surface area (Å²) in [4.78, 5) is 24.0. The lowest BCUT2D eigenvalue weighted by Crippen LogP contribution is -2.09. The normalized spacial score (nSPS) is 10.9. The Morgan fingerprint density at radius 3 is 1.71 bits per heavy atom. The summed E-state index contributed by atoms with van der Waals surface area (Å²) in [6.07, 6.45) is 21.9. The van der Waals surface area contributed by atoms with E-state index in [0.717, 1.165) is 63.4 Å². The molecule has 35 heavy (non-hydrogen) atoms. The lowest BCUT2D eigenvalue weighted by Gasteiger charge is -2.09. The fourth-order valence-corrected chi connectivity index (χ4v) is 4.35. The molecule has 0 fully saturated rings. The third-order valence-corrected chi connectivity index (χ3v) is 6.49. The number of unbranched alkanes of at least 4 members (excludes halogenated alkanes) is 14. The molecule has 4 nitrogen and oxygen atoms in total. The van der Waals surface area contributed by atoms with Crippen LogP contribution in [0.15, 0.2) is 24.3 Å². The molecule has 0 aromatic heterocycles. The quantitative estimate of drug-likeness (QED) is 0.0875. The Hall–Kier alpha value is -1.84. The summed E-state index contributed by atoms with van der Waals surface area (Å²) >= 11 is 0. The van der Waals surface area contributed by atoms with E-state index in [4.69, 9.17) is 9.47 Å². The molecule has 0 unspecified atom stereocenters. The van der Waals surface area contributed by atoms with E-state index in [9.17, 15) is 9.59 Å². The third kappa shape index (κ3) is 18.1. The van der Waals surface area contributed by atoms with E-state index in [0.29, 0.717) is 25.2 Å². The van der Waals surface area contributed by atoms with Crippen molar-refractivity contribution in [3.8, 4) is 5.75 Å². The van der Waals surface area contributed by atoms with Crippen LogP contribution in [0.3, 0.4) is 0 Å². The first-order valence-electron chi connectivity index (χ1n) is 14.6. The smallest absolute Gasteiger partial charge is 0.311 e. The predicted molar refractivity (Wildman–Crippen MR) is 146 cm³/mol. The van der Waals surface area contributed by atoms with Gasteiger partial charge in [0.25, 0.3) is 0 Å². The summed E-state index contributed by atoms with van der Waals surface area (Å²) in [5, 5.41) is 0. The first-order chi connectivity index (χ1) is 17.2. The second-order valence-corrected chi connectivity index (χ2v) is 9.86. The lowest BCUT2D eigenvalue weighted by molar-refractivity contribution is -0.144. The van der Waals surface area contributed by atoms with Gasteiger partial charge in [0.15, 0.2) is 0 Å². The van der Waals surface area contributed by atoms with Gasteiger partial charge >= 0.3 is 11.9 Å². The molecule has 0 saturated carbocycles. The van der Waals surface area contributed by atoms with Crippen LogP contribution in [0.4, 0.5) is 0 Å². The zero-order valence-electron chi connectivity index (χ0n) is 22.8. The molecule has 200 valence electrons. The van der Waals surface area contributed by atoms with Gasteiger partial charge in [-0.2, -0.15) is 0 Å². The van der Waals surface area contributed by atoms with Gasteiger partial charge in [0, 0.05) is 12.8 Å². The van der Waals surface area contributed by atoms with Crippen molar-refractivity contribution < 1.29 is 19.1 Å². The predicted octanol–water partition coefficient (Wildman–Crippen LogP) is 9.13. The number of ether oxygens (including phenoxy) is 2. The maximum absolute atomic E-state index is 12.1. The molecule has 0 saturated heterocycles. The maximum Gasteiger partial charge on any atom is 0.311 e. The van der Waals surface area contributed by atoms with E-state index in [1.54, 1.807) is 0 Å². The van der Waals surface area contributed by atoms with E-state index >= 15 is 0 Å². The van der Waals surface area contributed by atoms with Gasteiger partial charge in [0.2, 0.25) is 0 Å². The Bertz CT molecular complexity index is 655. The third-order valence-electron chi connectivity index (χ3n) is 6.49. The number of esters is 2. The number of aryl methyl sites for hydroxylation is 1. The summed E-state index contributed by atoms with van der Waals surface area (Å²) in [7, 11) is 0. The van der Waals surface area contributed by atoms with Crippen LogP contribution < -0.4 is 4.74 Å².